The van der Waals surface area contributed by atoms with E-state index in [9.17, 15) is 14.7 Å². The van der Waals surface area contributed by atoms with Crippen molar-refractivity contribution in [2.24, 2.45) is 0 Å². The van der Waals surface area contributed by atoms with E-state index in [0.29, 0.717) is 31.0 Å². The third-order valence-corrected chi connectivity index (χ3v) is 5.26. The van der Waals surface area contributed by atoms with E-state index in [4.69, 9.17) is 4.74 Å². The molecule has 2 aliphatic heterocycles. The number of hydrogen-bond donors (Lipinski definition) is 2. The largest absolute Gasteiger partial charge is 0.493 e. The van der Waals surface area contributed by atoms with Gasteiger partial charge in [-0.1, -0.05) is 18.2 Å². The monoisotopic (exact) mass is 307 g/mol. The SMILES string of the molecule is O=C(N[C@@]1(C(=O)O)CCSC1)[C@H]1CCOc2ccccc21. The van der Waals surface area contributed by atoms with Gasteiger partial charge in [0.15, 0.2) is 0 Å². The van der Waals surface area contributed by atoms with Gasteiger partial charge >= 0.3 is 5.97 Å². The van der Waals surface area contributed by atoms with E-state index >= 15 is 0 Å². The number of ether oxygens (including phenoxy) is 1. The number of nitrogens with one attached hydrogen (secondary N) is 1. The fraction of sp³-hybridized carbons (Fsp3) is 0.467. The molecule has 3 rings (SSSR count). The topological polar surface area (TPSA) is 75.6 Å². The smallest absolute Gasteiger partial charge is 0.330 e. The molecule has 1 fully saturated rings. The van der Waals surface area contributed by atoms with Gasteiger partial charge in [-0.2, -0.15) is 11.8 Å². The number of amides is 1. The Bertz CT molecular complexity index is 569. The van der Waals surface area contributed by atoms with Gasteiger partial charge in [0.1, 0.15) is 11.3 Å². The fourth-order valence-corrected chi connectivity index (χ4v) is 4.15. The van der Waals surface area contributed by atoms with Gasteiger partial charge in [0.2, 0.25) is 5.91 Å². The van der Waals surface area contributed by atoms with Gasteiger partial charge in [0.05, 0.1) is 12.5 Å². The van der Waals surface area contributed by atoms with Crippen molar-refractivity contribution in [3.63, 3.8) is 0 Å². The van der Waals surface area contributed by atoms with Crippen LogP contribution >= 0.6 is 11.8 Å². The van der Waals surface area contributed by atoms with Crippen molar-refractivity contribution in [3.05, 3.63) is 29.8 Å². The van der Waals surface area contributed by atoms with Crippen molar-refractivity contribution in [1.82, 2.24) is 5.32 Å². The molecular formula is C15H17NO4S. The van der Waals surface area contributed by atoms with Crippen LogP contribution in [0.25, 0.3) is 0 Å². The number of carbonyl (C=O) groups is 2. The first-order chi connectivity index (χ1) is 10.1. The maximum Gasteiger partial charge on any atom is 0.330 e. The fourth-order valence-electron chi connectivity index (χ4n) is 2.82. The summed E-state index contributed by atoms with van der Waals surface area (Å²) in [5.74, 6) is 0.415. The number of rotatable bonds is 3. The second kappa shape index (κ2) is 5.60. The minimum absolute atomic E-state index is 0.212. The van der Waals surface area contributed by atoms with Crippen molar-refractivity contribution in [2.45, 2.75) is 24.3 Å². The van der Waals surface area contributed by atoms with Crippen LogP contribution < -0.4 is 10.1 Å². The number of carbonyl (C=O) groups excluding carboxylic acids is 1. The highest BCUT2D eigenvalue weighted by Crippen LogP contribution is 2.35. The molecule has 0 aliphatic carbocycles. The van der Waals surface area contributed by atoms with Crippen LogP contribution in [0.3, 0.4) is 0 Å². The van der Waals surface area contributed by atoms with Crippen molar-refractivity contribution < 1.29 is 19.4 Å². The molecule has 2 heterocycles. The van der Waals surface area contributed by atoms with Crippen LogP contribution in [0.5, 0.6) is 5.75 Å². The number of hydrogen-bond acceptors (Lipinski definition) is 4. The Balaban J connectivity index is 1.82. The molecule has 112 valence electrons. The molecule has 1 saturated heterocycles. The molecule has 1 aromatic rings. The molecule has 2 N–H and O–H groups in total. The van der Waals surface area contributed by atoms with E-state index in [-0.39, 0.29) is 11.8 Å². The maximum atomic E-state index is 12.6. The second-order valence-electron chi connectivity index (χ2n) is 5.41. The summed E-state index contributed by atoms with van der Waals surface area (Å²) < 4.78 is 5.55. The number of carboxylic acid groups (broad SMARTS) is 1. The Kier molecular flexibility index (Phi) is 3.80. The lowest BCUT2D eigenvalue weighted by atomic mass is 9.90. The molecule has 0 bridgehead atoms. The van der Waals surface area contributed by atoms with E-state index in [1.165, 1.54) is 0 Å². The number of para-hydroxylation sites is 1. The van der Waals surface area contributed by atoms with Crippen molar-refractivity contribution in [3.8, 4) is 5.75 Å². The van der Waals surface area contributed by atoms with Gasteiger partial charge < -0.3 is 15.2 Å². The summed E-state index contributed by atoms with van der Waals surface area (Å²) in [7, 11) is 0. The molecular weight excluding hydrogens is 290 g/mol. The third-order valence-electron chi connectivity index (χ3n) is 4.07. The molecule has 6 heteroatoms. The number of thioether (sulfide) groups is 1. The molecule has 2 atom stereocenters. The summed E-state index contributed by atoms with van der Waals surface area (Å²) in [5.41, 5.74) is -0.276. The van der Waals surface area contributed by atoms with Crippen LogP contribution in [0.15, 0.2) is 24.3 Å². The van der Waals surface area contributed by atoms with Gasteiger partial charge in [-0.3, -0.25) is 4.79 Å². The Morgan fingerprint density at radius 2 is 2.19 bits per heavy atom. The van der Waals surface area contributed by atoms with Crippen molar-refractivity contribution in [2.75, 3.05) is 18.1 Å². The highest BCUT2D eigenvalue weighted by Gasteiger charge is 2.44. The highest BCUT2D eigenvalue weighted by atomic mass is 32.2. The predicted octanol–water partition coefficient (Wildman–Crippen LogP) is 1.63. The van der Waals surface area contributed by atoms with Crippen LogP contribution in [-0.4, -0.2) is 40.6 Å². The van der Waals surface area contributed by atoms with Gasteiger partial charge in [-0.15, -0.1) is 0 Å². The maximum absolute atomic E-state index is 12.6. The average Bonchev–Trinajstić information content (AvgIpc) is 2.96. The number of fused-ring (bicyclic) bond motifs is 1. The Hall–Kier alpha value is -1.69. The molecule has 1 amide bonds. The van der Waals surface area contributed by atoms with E-state index < -0.39 is 11.5 Å². The van der Waals surface area contributed by atoms with E-state index in [1.54, 1.807) is 11.8 Å². The van der Waals surface area contributed by atoms with Gasteiger partial charge in [-0.25, -0.2) is 4.79 Å². The molecule has 0 saturated carbocycles. The summed E-state index contributed by atoms with van der Waals surface area (Å²) in [6.45, 7) is 0.476. The first-order valence-corrected chi connectivity index (χ1v) is 8.13. The Labute approximate surface area is 127 Å². The van der Waals surface area contributed by atoms with Crippen molar-refractivity contribution >= 4 is 23.6 Å². The average molecular weight is 307 g/mol. The Morgan fingerprint density at radius 3 is 2.90 bits per heavy atom. The zero-order valence-corrected chi connectivity index (χ0v) is 12.3. The number of benzene rings is 1. The third kappa shape index (κ3) is 2.60. The molecule has 1 aromatic carbocycles. The lowest BCUT2D eigenvalue weighted by molar-refractivity contribution is -0.146. The lowest BCUT2D eigenvalue weighted by Gasteiger charge is -2.30. The van der Waals surface area contributed by atoms with E-state index in [2.05, 4.69) is 5.32 Å². The number of aliphatic carboxylic acids is 1. The van der Waals surface area contributed by atoms with Gasteiger partial charge in [0.25, 0.3) is 0 Å². The van der Waals surface area contributed by atoms with Crippen LogP contribution in [0.2, 0.25) is 0 Å². The minimum Gasteiger partial charge on any atom is -0.493 e. The minimum atomic E-state index is -1.12. The zero-order chi connectivity index (χ0) is 14.9. The van der Waals surface area contributed by atoms with Crippen LogP contribution in [0, 0.1) is 0 Å². The molecule has 21 heavy (non-hydrogen) atoms. The summed E-state index contributed by atoms with van der Waals surface area (Å²) >= 11 is 1.56. The summed E-state index contributed by atoms with van der Waals surface area (Å²) in [5, 5.41) is 12.2. The van der Waals surface area contributed by atoms with Crippen LogP contribution in [0.4, 0.5) is 0 Å². The van der Waals surface area contributed by atoms with E-state index in [0.717, 1.165) is 11.3 Å². The van der Waals surface area contributed by atoms with E-state index in [1.807, 2.05) is 24.3 Å². The van der Waals surface area contributed by atoms with Gasteiger partial charge in [0, 0.05) is 11.3 Å². The Morgan fingerprint density at radius 1 is 1.38 bits per heavy atom. The van der Waals surface area contributed by atoms with Crippen molar-refractivity contribution in [1.29, 1.82) is 0 Å². The first-order valence-electron chi connectivity index (χ1n) is 6.97. The number of carboxylic acids is 1. The molecule has 2 aliphatic rings. The second-order valence-corrected chi connectivity index (χ2v) is 6.51. The first kappa shape index (κ1) is 14.3. The summed E-state index contributed by atoms with van der Waals surface area (Å²) in [6, 6.07) is 7.44. The van der Waals surface area contributed by atoms with Gasteiger partial charge in [-0.05, 0) is 24.7 Å². The summed E-state index contributed by atoms with van der Waals surface area (Å²) in [4.78, 5) is 24.1. The molecule has 5 nitrogen and oxygen atoms in total. The molecule has 0 radical (unpaired) electrons. The molecule has 0 unspecified atom stereocenters. The molecule has 0 aromatic heterocycles. The predicted molar refractivity (Wildman–Crippen MR) is 79.7 cm³/mol. The lowest BCUT2D eigenvalue weighted by Crippen LogP contribution is -2.56. The standard InChI is InChI=1S/C15H17NO4S/c17-13(16-15(14(18)19)6-8-21-9-15)11-5-7-20-12-4-2-1-3-10(11)12/h1-4,11H,5-9H2,(H,16,17)(H,18,19)/t11-,15-/m0/s1. The molecule has 0 spiro atoms. The highest BCUT2D eigenvalue weighted by molar-refractivity contribution is 7.99. The van der Waals surface area contributed by atoms with Crippen LogP contribution in [0.1, 0.15) is 24.3 Å². The summed E-state index contributed by atoms with van der Waals surface area (Å²) in [6.07, 6.45) is 1.05. The normalized spacial score (nSPS) is 27.5. The zero-order valence-electron chi connectivity index (χ0n) is 11.5. The quantitative estimate of drug-likeness (QED) is 0.887. The van der Waals surface area contributed by atoms with Crippen LogP contribution in [-0.2, 0) is 9.59 Å².